The molecule has 0 atom stereocenters. The minimum Gasteiger partial charge on any atom is -0.311 e. The number of anilines is 9. The predicted molar refractivity (Wildman–Crippen MR) is 333 cm³/mol. The molecular weight excluding hydrogens is 930 g/mol. The van der Waals surface area contributed by atoms with E-state index in [1.54, 1.807) is 0 Å². The fourth-order valence-electron chi connectivity index (χ4n) is 12.5. The van der Waals surface area contributed by atoms with Gasteiger partial charge in [-0.05, 0) is 173 Å². The third-order valence-electron chi connectivity index (χ3n) is 17.1. The lowest BCUT2D eigenvalue weighted by Gasteiger charge is -2.45. The molecule has 0 unspecified atom stereocenters. The lowest BCUT2D eigenvalue weighted by molar-refractivity contribution is 0.589. The second-order valence-corrected chi connectivity index (χ2v) is 26.8. The van der Waals surface area contributed by atoms with Gasteiger partial charge in [-0.15, -0.1) is 0 Å². The van der Waals surface area contributed by atoms with Crippen LogP contribution in [-0.2, 0) is 27.1 Å². The fraction of sp³-hybridized carbons (Fsp3) is 0.260. The standard InChI is InChI=1S/C73H74BN3/c1-69(2,3)49-26-33-54(34-27-49)75(53-31-24-48(25-32-53)47-20-16-15-17-21-47)57-38-40-62-65(46-57)77(56-37-39-61-59(45-56)58-22-18-19-23-60(58)73(61,13)14)67-44-52(72(10,11)12)43-66-68(67)74(62)63-42-51(71(7,8)9)30-41-64(63)76(66)55-35-28-50(29-36-55)70(4,5)6/h15-46H,1-14H3. The van der Waals surface area contributed by atoms with Gasteiger partial charge in [0.15, 0.2) is 0 Å². The van der Waals surface area contributed by atoms with Crippen molar-refractivity contribution in [3.8, 4) is 22.3 Å². The summed E-state index contributed by atoms with van der Waals surface area (Å²) in [5, 5.41) is 0. The van der Waals surface area contributed by atoms with Gasteiger partial charge in [0.25, 0.3) is 6.71 Å². The largest absolute Gasteiger partial charge is 0.311 e. The lowest BCUT2D eigenvalue weighted by atomic mass is 9.33. The van der Waals surface area contributed by atoms with Crippen molar-refractivity contribution in [3.63, 3.8) is 0 Å². The zero-order valence-electron chi connectivity index (χ0n) is 47.9. The van der Waals surface area contributed by atoms with Crippen LogP contribution in [0.1, 0.15) is 130 Å². The van der Waals surface area contributed by atoms with Crippen molar-refractivity contribution >= 4 is 74.3 Å². The average Bonchev–Trinajstić information content (AvgIpc) is 3.71. The minimum absolute atomic E-state index is 0.0192. The highest BCUT2D eigenvalue weighted by Crippen LogP contribution is 2.53. The fourth-order valence-corrected chi connectivity index (χ4v) is 12.5. The number of hydrogen-bond acceptors (Lipinski definition) is 3. The Morgan fingerprint density at radius 2 is 0.844 bits per heavy atom. The molecule has 3 nitrogen and oxygen atoms in total. The van der Waals surface area contributed by atoms with Gasteiger partial charge in [-0.2, -0.15) is 0 Å². The van der Waals surface area contributed by atoms with Crippen molar-refractivity contribution in [1.29, 1.82) is 0 Å². The zero-order valence-corrected chi connectivity index (χ0v) is 47.9. The molecule has 0 N–H and O–H groups in total. The summed E-state index contributed by atoms with van der Waals surface area (Å²) in [6, 6.07) is 74.6. The van der Waals surface area contributed by atoms with Gasteiger partial charge in [-0.3, -0.25) is 0 Å². The summed E-state index contributed by atoms with van der Waals surface area (Å²) in [5.74, 6) is 0. The molecule has 1 aliphatic carbocycles. The molecule has 0 amide bonds. The highest BCUT2D eigenvalue weighted by molar-refractivity contribution is 7.00. The number of benzene rings is 9. The molecule has 2 heterocycles. The second-order valence-electron chi connectivity index (χ2n) is 26.8. The summed E-state index contributed by atoms with van der Waals surface area (Å²) in [4.78, 5) is 7.68. The van der Waals surface area contributed by atoms with E-state index in [1.807, 2.05) is 0 Å². The average molecular weight is 1000 g/mol. The van der Waals surface area contributed by atoms with Gasteiger partial charge < -0.3 is 14.7 Å². The topological polar surface area (TPSA) is 9.72 Å². The molecule has 2 aliphatic heterocycles. The first-order valence-corrected chi connectivity index (χ1v) is 27.9. The number of nitrogens with zero attached hydrogens (tertiary/aromatic N) is 3. The van der Waals surface area contributed by atoms with Crippen molar-refractivity contribution in [1.82, 2.24) is 0 Å². The van der Waals surface area contributed by atoms with E-state index in [4.69, 9.17) is 0 Å². The lowest BCUT2D eigenvalue weighted by Crippen LogP contribution is -2.61. The summed E-state index contributed by atoms with van der Waals surface area (Å²) < 4.78 is 0. The van der Waals surface area contributed by atoms with Crippen LogP contribution in [0.5, 0.6) is 0 Å². The van der Waals surface area contributed by atoms with E-state index in [9.17, 15) is 0 Å². The molecule has 12 rings (SSSR count). The Balaban J connectivity index is 1.15. The van der Waals surface area contributed by atoms with Crippen LogP contribution < -0.4 is 31.1 Å². The molecular formula is C73H74BN3. The smallest absolute Gasteiger partial charge is 0.252 e. The molecule has 9 aromatic carbocycles. The third kappa shape index (κ3) is 8.51. The number of rotatable bonds is 6. The van der Waals surface area contributed by atoms with Gasteiger partial charge in [-0.25, -0.2) is 0 Å². The summed E-state index contributed by atoms with van der Waals surface area (Å²) in [6.45, 7) is 32.7. The van der Waals surface area contributed by atoms with E-state index >= 15 is 0 Å². The summed E-state index contributed by atoms with van der Waals surface area (Å²) >= 11 is 0. The van der Waals surface area contributed by atoms with Crippen LogP contribution in [0.25, 0.3) is 22.3 Å². The van der Waals surface area contributed by atoms with Crippen molar-refractivity contribution in [3.05, 3.63) is 228 Å². The van der Waals surface area contributed by atoms with Crippen LogP contribution in [0.3, 0.4) is 0 Å². The van der Waals surface area contributed by atoms with Crippen molar-refractivity contribution in [2.75, 3.05) is 14.7 Å². The van der Waals surface area contributed by atoms with E-state index in [0.29, 0.717) is 0 Å². The first-order valence-electron chi connectivity index (χ1n) is 27.9. The van der Waals surface area contributed by atoms with E-state index < -0.39 is 0 Å². The molecule has 9 aromatic rings. The number of fused-ring (bicyclic) bond motifs is 7. The molecule has 4 heteroatoms. The Hall–Kier alpha value is -7.56. The summed E-state index contributed by atoms with van der Waals surface area (Å²) in [5.41, 5.74) is 27.3. The molecule has 0 aromatic heterocycles. The molecule has 0 bridgehead atoms. The maximum atomic E-state index is 2.64. The molecule has 0 radical (unpaired) electrons. The first kappa shape index (κ1) is 50.3. The second kappa shape index (κ2) is 17.7. The molecule has 77 heavy (non-hydrogen) atoms. The van der Waals surface area contributed by atoms with Crippen molar-refractivity contribution in [2.45, 2.75) is 124 Å². The van der Waals surface area contributed by atoms with Crippen LogP contribution >= 0.6 is 0 Å². The van der Waals surface area contributed by atoms with Crippen LogP contribution in [0.2, 0.25) is 0 Å². The Bertz CT molecular complexity index is 3740. The van der Waals surface area contributed by atoms with Crippen LogP contribution in [0.4, 0.5) is 51.2 Å². The van der Waals surface area contributed by atoms with Gasteiger partial charge in [0.05, 0.1) is 0 Å². The zero-order chi connectivity index (χ0) is 54.1. The molecule has 0 saturated carbocycles. The Kier molecular flexibility index (Phi) is 11.6. The van der Waals surface area contributed by atoms with Gasteiger partial charge in [0.2, 0.25) is 0 Å². The van der Waals surface area contributed by atoms with E-state index in [2.05, 4.69) is 306 Å². The predicted octanol–water partition coefficient (Wildman–Crippen LogP) is 18.4. The third-order valence-corrected chi connectivity index (χ3v) is 17.1. The number of hydrogen-bond donors (Lipinski definition) is 0. The Morgan fingerprint density at radius 1 is 0.351 bits per heavy atom. The van der Waals surface area contributed by atoms with Crippen molar-refractivity contribution in [2.24, 2.45) is 0 Å². The highest BCUT2D eigenvalue weighted by atomic mass is 15.2. The van der Waals surface area contributed by atoms with E-state index in [-0.39, 0.29) is 33.8 Å². The van der Waals surface area contributed by atoms with E-state index in [0.717, 1.165) is 22.7 Å². The van der Waals surface area contributed by atoms with Crippen molar-refractivity contribution < 1.29 is 0 Å². The summed E-state index contributed by atoms with van der Waals surface area (Å²) in [7, 11) is 0. The monoisotopic (exact) mass is 1000 g/mol. The van der Waals surface area contributed by atoms with Crippen LogP contribution in [0.15, 0.2) is 194 Å². The quantitative estimate of drug-likeness (QED) is 0.154. The Morgan fingerprint density at radius 3 is 1.45 bits per heavy atom. The van der Waals surface area contributed by atoms with Gasteiger partial charge in [-0.1, -0.05) is 212 Å². The maximum absolute atomic E-state index is 2.64. The molecule has 0 fully saturated rings. The maximum Gasteiger partial charge on any atom is 0.252 e. The normalized spacial score (nSPS) is 14.4. The molecule has 0 spiro atoms. The first-order chi connectivity index (χ1) is 36.5. The van der Waals surface area contributed by atoms with Gasteiger partial charge >= 0.3 is 0 Å². The Labute approximate surface area is 460 Å². The molecule has 384 valence electrons. The SMILES string of the molecule is CC(C)(C)c1ccc(N(c2ccc(-c3ccccc3)cc2)c2ccc3c(c2)N(c2ccc4c(c2)-c2ccccc2C4(C)C)c2cc(C(C)(C)C)cc4c2B3c2cc(C(C)(C)C)ccc2N4c2ccc(C(C)(C)C)cc2)cc1. The van der Waals surface area contributed by atoms with Gasteiger partial charge in [0.1, 0.15) is 0 Å². The summed E-state index contributed by atoms with van der Waals surface area (Å²) in [6.07, 6.45) is 0. The van der Waals surface area contributed by atoms with Crippen LogP contribution in [-0.4, -0.2) is 6.71 Å². The van der Waals surface area contributed by atoms with Crippen LogP contribution in [0, 0.1) is 0 Å². The molecule has 3 aliphatic rings. The van der Waals surface area contributed by atoms with E-state index in [1.165, 1.54) is 100 Å². The minimum atomic E-state index is -0.157. The van der Waals surface area contributed by atoms with Gasteiger partial charge in [0, 0.05) is 56.6 Å². The highest BCUT2D eigenvalue weighted by Gasteiger charge is 2.45. The molecule has 0 saturated heterocycles.